The molecule has 0 aromatic heterocycles. The number of anilines is 1. The molecule has 102 valence electrons. The molecule has 1 N–H and O–H groups in total. The van der Waals surface area contributed by atoms with Crippen LogP contribution < -0.4 is 5.32 Å². The van der Waals surface area contributed by atoms with Gasteiger partial charge in [-0.2, -0.15) is 0 Å². The van der Waals surface area contributed by atoms with E-state index in [4.69, 9.17) is 4.74 Å². The van der Waals surface area contributed by atoms with Gasteiger partial charge < -0.3 is 10.1 Å². The predicted molar refractivity (Wildman–Crippen MR) is 73.6 cm³/mol. The zero-order valence-corrected chi connectivity index (χ0v) is 10.8. The van der Waals surface area contributed by atoms with Gasteiger partial charge in [-0.3, -0.25) is 4.79 Å². The molecule has 1 aliphatic rings. The Hall–Kier alpha value is -2.20. The van der Waals surface area contributed by atoms with Crippen LogP contribution in [0.1, 0.15) is 23.7 Å². The van der Waals surface area contributed by atoms with Gasteiger partial charge in [0.15, 0.2) is 0 Å². The molecule has 2 aromatic carbocycles. The van der Waals surface area contributed by atoms with Crippen LogP contribution in [0.2, 0.25) is 0 Å². The number of ether oxygens (including phenoxy) is 1. The third kappa shape index (κ3) is 2.70. The van der Waals surface area contributed by atoms with Crippen molar-refractivity contribution in [3.05, 3.63) is 65.5 Å². The van der Waals surface area contributed by atoms with Gasteiger partial charge in [-0.05, 0) is 35.4 Å². The van der Waals surface area contributed by atoms with Crippen LogP contribution in [0, 0.1) is 5.82 Å². The summed E-state index contributed by atoms with van der Waals surface area (Å²) in [4.78, 5) is 12.0. The summed E-state index contributed by atoms with van der Waals surface area (Å²) < 4.78 is 18.4. The first-order valence-electron chi connectivity index (χ1n) is 6.47. The Labute approximate surface area is 116 Å². The van der Waals surface area contributed by atoms with Crippen molar-refractivity contribution in [3.63, 3.8) is 0 Å². The number of benzene rings is 2. The molecular weight excluding hydrogens is 257 g/mol. The van der Waals surface area contributed by atoms with E-state index in [-0.39, 0.29) is 24.2 Å². The van der Waals surface area contributed by atoms with Crippen molar-refractivity contribution < 1.29 is 13.9 Å². The number of rotatable bonds is 3. The lowest BCUT2D eigenvalue weighted by Gasteiger charge is -2.11. The Balaban J connectivity index is 1.64. The van der Waals surface area contributed by atoms with Crippen LogP contribution in [-0.4, -0.2) is 5.91 Å². The molecule has 1 atom stereocenters. The molecular formula is C16H14FNO2. The van der Waals surface area contributed by atoms with Crippen molar-refractivity contribution in [2.45, 2.75) is 19.1 Å². The zero-order valence-electron chi connectivity index (χ0n) is 10.8. The number of hydrogen-bond donors (Lipinski definition) is 1. The summed E-state index contributed by atoms with van der Waals surface area (Å²) >= 11 is 0. The SMILES string of the molecule is O=C(CC1OCc2ccccc21)Nc1ccc(F)cc1. The molecule has 4 heteroatoms. The van der Waals surface area contributed by atoms with E-state index in [1.165, 1.54) is 24.3 Å². The zero-order chi connectivity index (χ0) is 13.9. The lowest BCUT2D eigenvalue weighted by molar-refractivity contribution is -0.118. The summed E-state index contributed by atoms with van der Waals surface area (Å²) in [5.41, 5.74) is 2.79. The van der Waals surface area contributed by atoms with E-state index in [0.717, 1.165) is 11.1 Å². The number of carbonyl (C=O) groups is 1. The fourth-order valence-electron chi connectivity index (χ4n) is 2.34. The molecule has 0 bridgehead atoms. The number of fused-ring (bicyclic) bond motifs is 1. The van der Waals surface area contributed by atoms with Crippen molar-refractivity contribution in [2.24, 2.45) is 0 Å². The minimum atomic E-state index is -0.323. The molecule has 0 radical (unpaired) electrons. The average molecular weight is 271 g/mol. The largest absolute Gasteiger partial charge is 0.368 e. The predicted octanol–water partition coefficient (Wildman–Crippen LogP) is 3.43. The Morgan fingerprint density at radius 1 is 1.20 bits per heavy atom. The summed E-state index contributed by atoms with van der Waals surface area (Å²) in [5.74, 6) is -0.464. The highest BCUT2D eigenvalue weighted by Gasteiger charge is 2.24. The van der Waals surface area contributed by atoms with Crippen molar-refractivity contribution in [1.29, 1.82) is 0 Å². The van der Waals surface area contributed by atoms with Gasteiger partial charge in [0.05, 0.1) is 19.1 Å². The van der Waals surface area contributed by atoms with Crippen molar-refractivity contribution in [3.8, 4) is 0 Å². The minimum Gasteiger partial charge on any atom is -0.368 e. The summed E-state index contributed by atoms with van der Waals surface area (Å²) in [6.07, 6.45) is 0.0561. The third-order valence-corrected chi connectivity index (χ3v) is 3.34. The van der Waals surface area contributed by atoms with Gasteiger partial charge >= 0.3 is 0 Å². The lowest BCUT2D eigenvalue weighted by atomic mass is 10.0. The molecule has 1 amide bonds. The molecule has 0 saturated heterocycles. The Kier molecular flexibility index (Phi) is 3.48. The molecule has 1 aliphatic heterocycles. The Morgan fingerprint density at radius 3 is 2.75 bits per heavy atom. The highest BCUT2D eigenvalue weighted by molar-refractivity contribution is 5.91. The molecule has 1 heterocycles. The fourth-order valence-corrected chi connectivity index (χ4v) is 2.34. The Morgan fingerprint density at radius 2 is 1.95 bits per heavy atom. The first-order valence-corrected chi connectivity index (χ1v) is 6.47. The van der Waals surface area contributed by atoms with Gasteiger partial charge in [-0.25, -0.2) is 4.39 Å². The molecule has 0 fully saturated rings. The summed E-state index contributed by atoms with van der Waals surface area (Å²) in [5, 5.41) is 2.74. The lowest BCUT2D eigenvalue weighted by Crippen LogP contribution is -2.15. The highest BCUT2D eigenvalue weighted by atomic mass is 19.1. The second kappa shape index (κ2) is 5.43. The maximum absolute atomic E-state index is 12.8. The molecule has 0 saturated carbocycles. The summed E-state index contributed by atoms with van der Waals surface area (Å²) in [6.45, 7) is 0.546. The molecule has 20 heavy (non-hydrogen) atoms. The van der Waals surface area contributed by atoms with Gasteiger partial charge in [0.1, 0.15) is 5.82 Å². The topological polar surface area (TPSA) is 38.3 Å². The number of carbonyl (C=O) groups excluding carboxylic acids is 1. The van der Waals surface area contributed by atoms with Crippen molar-refractivity contribution in [1.82, 2.24) is 0 Å². The van der Waals surface area contributed by atoms with E-state index in [1.807, 2.05) is 24.3 Å². The molecule has 0 spiro atoms. The number of amides is 1. The average Bonchev–Trinajstić information content (AvgIpc) is 2.85. The van der Waals surface area contributed by atoms with E-state index in [0.29, 0.717) is 12.3 Å². The van der Waals surface area contributed by atoms with E-state index in [9.17, 15) is 9.18 Å². The monoisotopic (exact) mass is 271 g/mol. The fraction of sp³-hybridized carbons (Fsp3) is 0.188. The van der Waals surface area contributed by atoms with Gasteiger partial charge in [0.2, 0.25) is 5.91 Å². The quantitative estimate of drug-likeness (QED) is 0.928. The maximum atomic E-state index is 12.8. The number of halogens is 1. The van der Waals surface area contributed by atoms with E-state index in [2.05, 4.69) is 5.32 Å². The molecule has 3 nitrogen and oxygen atoms in total. The van der Waals surface area contributed by atoms with Gasteiger partial charge in [-0.1, -0.05) is 24.3 Å². The van der Waals surface area contributed by atoms with Crippen LogP contribution in [0.15, 0.2) is 48.5 Å². The van der Waals surface area contributed by atoms with E-state index >= 15 is 0 Å². The van der Waals surface area contributed by atoms with Crippen LogP contribution in [0.5, 0.6) is 0 Å². The van der Waals surface area contributed by atoms with Crippen molar-refractivity contribution in [2.75, 3.05) is 5.32 Å². The van der Waals surface area contributed by atoms with Crippen LogP contribution in [0.25, 0.3) is 0 Å². The third-order valence-electron chi connectivity index (χ3n) is 3.34. The first kappa shape index (κ1) is 12.8. The van der Waals surface area contributed by atoms with Crippen LogP contribution in [0.3, 0.4) is 0 Å². The molecule has 3 rings (SSSR count). The second-order valence-corrected chi connectivity index (χ2v) is 4.76. The standard InChI is InChI=1S/C16H14FNO2/c17-12-5-7-13(8-6-12)18-16(19)9-15-14-4-2-1-3-11(14)10-20-15/h1-8,15H,9-10H2,(H,18,19). The normalized spacial score (nSPS) is 16.8. The first-order chi connectivity index (χ1) is 9.72. The molecule has 1 unspecified atom stereocenters. The van der Waals surface area contributed by atoms with E-state index < -0.39 is 0 Å². The van der Waals surface area contributed by atoms with E-state index in [1.54, 1.807) is 0 Å². The summed E-state index contributed by atoms with van der Waals surface area (Å²) in [7, 11) is 0. The van der Waals surface area contributed by atoms with Gasteiger partial charge in [0, 0.05) is 5.69 Å². The Bertz CT molecular complexity index is 625. The smallest absolute Gasteiger partial charge is 0.227 e. The van der Waals surface area contributed by atoms with Crippen molar-refractivity contribution >= 4 is 11.6 Å². The van der Waals surface area contributed by atoms with Crippen LogP contribution in [0.4, 0.5) is 10.1 Å². The second-order valence-electron chi connectivity index (χ2n) is 4.76. The highest BCUT2D eigenvalue weighted by Crippen LogP contribution is 2.32. The maximum Gasteiger partial charge on any atom is 0.227 e. The minimum absolute atomic E-state index is 0.140. The van der Waals surface area contributed by atoms with Crippen LogP contribution in [-0.2, 0) is 16.1 Å². The molecule has 2 aromatic rings. The number of nitrogens with one attached hydrogen (secondary N) is 1. The molecule has 0 aliphatic carbocycles. The van der Waals surface area contributed by atoms with Crippen LogP contribution >= 0.6 is 0 Å². The van der Waals surface area contributed by atoms with Gasteiger partial charge in [0.25, 0.3) is 0 Å². The summed E-state index contributed by atoms with van der Waals surface area (Å²) in [6, 6.07) is 13.6. The number of hydrogen-bond acceptors (Lipinski definition) is 2. The van der Waals surface area contributed by atoms with Gasteiger partial charge in [-0.15, -0.1) is 0 Å².